The minimum atomic E-state index is -4.81. The molecule has 0 fully saturated rings. The van der Waals surface area contributed by atoms with Gasteiger partial charge in [0.25, 0.3) is 0 Å². The first-order valence-electron chi connectivity index (χ1n) is 10.2. The average molecular weight is 442 g/mol. The van der Waals surface area contributed by atoms with Crippen molar-refractivity contribution in [3.8, 4) is 11.5 Å². The van der Waals surface area contributed by atoms with Crippen LogP contribution in [-0.2, 0) is 11.3 Å². The monoisotopic (exact) mass is 442 g/mol. The third-order valence-electron chi connectivity index (χ3n) is 4.15. The molecule has 0 saturated heterocycles. The van der Waals surface area contributed by atoms with E-state index in [0.29, 0.717) is 19.8 Å². The largest absolute Gasteiger partial charge is 0.573 e. The first-order valence-corrected chi connectivity index (χ1v) is 10.2. The van der Waals surface area contributed by atoms with Crippen LogP contribution < -0.4 is 20.1 Å². The zero-order valence-corrected chi connectivity index (χ0v) is 17.3. The van der Waals surface area contributed by atoms with Crippen LogP contribution >= 0.6 is 0 Å². The summed E-state index contributed by atoms with van der Waals surface area (Å²) in [4.78, 5) is 0. The third-order valence-corrected chi connectivity index (χ3v) is 4.15. The highest BCUT2D eigenvalue weighted by Crippen LogP contribution is 2.33. The normalized spacial score (nSPS) is 11.4. The molecular weight excluding hydrogens is 413 g/mol. The van der Waals surface area contributed by atoms with E-state index in [9.17, 15) is 13.2 Å². The lowest BCUT2D eigenvalue weighted by molar-refractivity contribution is -0.275. The van der Waals surface area contributed by atoms with Gasteiger partial charge in [0, 0.05) is 25.4 Å². The standard InChI is InChI=1S/C22H29F3N2O4/c23-22(24,25)31-20-9-8-18(16-21(20)30-15-12-28)17-26-10-4-5-13-29-14-11-27-19-6-2-1-3-7-19/h1-3,6-9,16,26-28H,4-5,10-15,17H2. The zero-order valence-electron chi connectivity index (χ0n) is 17.3. The average Bonchev–Trinajstić information content (AvgIpc) is 2.74. The van der Waals surface area contributed by atoms with Gasteiger partial charge >= 0.3 is 6.36 Å². The summed E-state index contributed by atoms with van der Waals surface area (Å²) in [7, 11) is 0. The molecule has 0 amide bonds. The van der Waals surface area contributed by atoms with Crippen molar-refractivity contribution >= 4 is 5.69 Å². The van der Waals surface area contributed by atoms with E-state index in [4.69, 9.17) is 14.6 Å². The van der Waals surface area contributed by atoms with Gasteiger partial charge in [-0.25, -0.2) is 0 Å². The van der Waals surface area contributed by atoms with Gasteiger partial charge in [0.1, 0.15) is 6.61 Å². The van der Waals surface area contributed by atoms with E-state index in [0.717, 1.165) is 37.2 Å². The number of hydrogen-bond donors (Lipinski definition) is 3. The van der Waals surface area contributed by atoms with Crippen molar-refractivity contribution < 1.29 is 32.5 Å². The molecule has 0 aliphatic heterocycles. The summed E-state index contributed by atoms with van der Waals surface area (Å²) in [6.07, 6.45) is -2.99. The van der Waals surface area contributed by atoms with Crippen LogP contribution in [0.2, 0.25) is 0 Å². The molecule has 0 bridgehead atoms. The maximum absolute atomic E-state index is 12.5. The van der Waals surface area contributed by atoms with Crippen molar-refractivity contribution in [3.05, 3.63) is 54.1 Å². The summed E-state index contributed by atoms with van der Waals surface area (Å²) in [5, 5.41) is 15.4. The molecular formula is C22H29F3N2O4. The van der Waals surface area contributed by atoms with Gasteiger partial charge in [-0.05, 0) is 49.2 Å². The maximum Gasteiger partial charge on any atom is 0.573 e. The van der Waals surface area contributed by atoms with E-state index in [2.05, 4.69) is 15.4 Å². The highest BCUT2D eigenvalue weighted by atomic mass is 19.4. The molecule has 2 rings (SSSR count). The third kappa shape index (κ3) is 10.9. The topological polar surface area (TPSA) is 72.0 Å². The molecule has 0 unspecified atom stereocenters. The molecule has 0 aromatic heterocycles. The second-order valence-electron chi connectivity index (χ2n) is 6.69. The van der Waals surface area contributed by atoms with Crippen LogP contribution in [0.4, 0.5) is 18.9 Å². The lowest BCUT2D eigenvalue weighted by Gasteiger charge is -2.15. The van der Waals surface area contributed by atoms with E-state index in [1.54, 1.807) is 6.07 Å². The Balaban J connectivity index is 1.59. The fourth-order valence-electron chi connectivity index (χ4n) is 2.75. The first kappa shape index (κ1) is 24.8. The summed E-state index contributed by atoms with van der Waals surface area (Å²) >= 11 is 0. The molecule has 172 valence electrons. The number of nitrogens with one attached hydrogen (secondary N) is 2. The fraction of sp³-hybridized carbons (Fsp3) is 0.455. The van der Waals surface area contributed by atoms with Gasteiger partial charge in [0.2, 0.25) is 0 Å². The molecule has 31 heavy (non-hydrogen) atoms. The first-order chi connectivity index (χ1) is 15.0. The van der Waals surface area contributed by atoms with Crippen LogP contribution in [0, 0.1) is 0 Å². The van der Waals surface area contributed by atoms with Gasteiger partial charge in [0.05, 0.1) is 13.2 Å². The second kappa shape index (κ2) is 13.7. The number of unbranched alkanes of at least 4 members (excludes halogenated alkanes) is 1. The number of aliphatic hydroxyl groups excluding tert-OH is 1. The van der Waals surface area contributed by atoms with Crippen LogP contribution in [-0.4, -0.2) is 51.0 Å². The highest BCUT2D eigenvalue weighted by Gasteiger charge is 2.32. The molecule has 0 radical (unpaired) electrons. The summed E-state index contributed by atoms with van der Waals surface area (Å²) in [6.45, 7) is 2.84. The lowest BCUT2D eigenvalue weighted by atomic mass is 10.2. The van der Waals surface area contributed by atoms with Gasteiger partial charge in [0.15, 0.2) is 11.5 Å². The summed E-state index contributed by atoms with van der Waals surface area (Å²) < 4.78 is 52.2. The Kier molecular flexibility index (Phi) is 11.0. The lowest BCUT2D eigenvalue weighted by Crippen LogP contribution is -2.19. The second-order valence-corrected chi connectivity index (χ2v) is 6.69. The fourth-order valence-corrected chi connectivity index (χ4v) is 2.75. The molecule has 0 atom stereocenters. The predicted octanol–water partition coefficient (Wildman–Crippen LogP) is 3.95. The number of benzene rings is 2. The SMILES string of the molecule is OCCOc1cc(CNCCCCOCCNc2ccccc2)ccc1OC(F)(F)F. The Hall–Kier alpha value is -2.49. The molecule has 2 aromatic carbocycles. The Morgan fingerprint density at radius 2 is 1.68 bits per heavy atom. The smallest absolute Gasteiger partial charge is 0.487 e. The number of alkyl halides is 3. The number of aliphatic hydroxyl groups is 1. The Labute approximate surface area is 180 Å². The number of hydrogen-bond acceptors (Lipinski definition) is 6. The van der Waals surface area contributed by atoms with Crippen molar-refractivity contribution in [2.45, 2.75) is 25.7 Å². The van der Waals surface area contributed by atoms with Crippen LogP contribution in [0.5, 0.6) is 11.5 Å². The van der Waals surface area contributed by atoms with Gasteiger partial charge in [-0.3, -0.25) is 0 Å². The van der Waals surface area contributed by atoms with Crippen LogP contribution in [0.25, 0.3) is 0 Å². The van der Waals surface area contributed by atoms with E-state index in [1.807, 2.05) is 30.3 Å². The minimum Gasteiger partial charge on any atom is -0.487 e. The van der Waals surface area contributed by atoms with Crippen molar-refractivity contribution in [1.82, 2.24) is 5.32 Å². The van der Waals surface area contributed by atoms with Crippen molar-refractivity contribution in [1.29, 1.82) is 0 Å². The number of anilines is 1. The molecule has 0 aliphatic carbocycles. The van der Waals surface area contributed by atoms with Crippen LogP contribution in [0.3, 0.4) is 0 Å². The highest BCUT2D eigenvalue weighted by molar-refractivity contribution is 5.43. The minimum absolute atomic E-state index is 0.0526. The van der Waals surface area contributed by atoms with E-state index in [-0.39, 0.29) is 19.0 Å². The summed E-state index contributed by atoms with van der Waals surface area (Å²) in [5.41, 5.74) is 1.82. The number of rotatable bonds is 15. The Morgan fingerprint density at radius 1 is 0.871 bits per heavy atom. The van der Waals surface area contributed by atoms with Gasteiger partial charge in [-0.15, -0.1) is 13.2 Å². The van der Waals surface area contributed by atoms with E-state index >= 15 is 0 Å². The molecule has 0 heterocycles. The van der Waals surface area contributed by atoms with Crippen LogP contribution in [0.15, 0.2) is 48.5 Å². The summed E-state index contributed by atoms with van der Waals surface area (Å²) in [5.74, 6) is -0.480. The molecule has 0 aliphatic rings. The van der Waals surface area contributed by atoms with E-state index < -0.39 is 12.1 Å². The number of ether oxygens (including phenoxy) is 3. The van der Waals surface area contributed by atoms with Crippen molar-refractivity contribution in [2.75, 3.05) is 44.8 Å². The molecule has 0 spiro atoms. The van der Waals surface area contributed by atoms with Crippen LogP contribution in [0.1, 0.15) is 18.4 Å². The van der Waals surface area contributed by atoms with Crippen molar-refractivity contribution in [2.24, 2.45) is 0 Å². The number of para-hydroxylation sites is 1. The molecule has 0 saturated carbocycles. The van der Waals surface area contributed by atoms with Gasteiger partial charge in [-0.2, -0.15) is 0 Å². The zero-order chi connectivity index (χ0) is 22.4. The summed E-state index contributed by atoms with van der Waals surface area (Å²) in [6, 6.07) is 14.2. The molecule has 2 aromatic rings. The molecule has 9 heteroatoms. The van der Waals surface area contributed by atoms with Gasteiger partial charge in [-0.1, -0.05) is 24.3 Å². The molecule has 3 N–H and O–H groups in total. The Bertz CT molecular complexity index is 745. The van der Waals surface area contributed by atoms with Crippen molar-refractivity contribution in [3.63, 3.8) is 0 Å². The Morgan fingerprint density at radius 3 is 2.42 bits per heavy atom. The van der Waals surface area contributed by atoms with Gasteiger partial charge < -0.3 is 30.0 Å². The van der Waals surface area contributed by atoms with E-state index in [1.165, 1.54) is 12.1 Å². The quantitative estimate of drug-likeness (QED) is 0.363. The molecule has 6 nitrogen and oxygen atoms in total. The maximum atomic E-state index is 12.5. The predicted molar refractivity (Wildman–Crippen MR) is 112 cm³/mol. The number of halogens is 3.